The first kappa shape index (κ1) is 15.7. The fraction of sp³-hybridized carbons (Fsp3) is 0.625. The van der Waals surface area contributed by atoms with E-state index in [2.05, 4.69) is 6.92 Å². The van der Waals surface area contributed by atoms with E-state index in [0.29, 0.717) is 6.42 Å². The largest absolute Gasteiger partial charge is 0.389 e. The number of unbranched alkanes of at least 4 members (excludes halogenated alkanes) is 1. The van der Waals surface area contributed by atoms with Crippen LogP contribution in [0.4, 0.5) is 0 Å². The van der Waals surface area contributed by atoms with Crippen molar-refractivity contribution in [1.29, 1.82) is 0 Å². The first-order valence-corrected chi connectivity index (χ1v) is 8.55. The van der Waals surface area contributed by atoms with Gasteiger partial charge in [0.25, 0.3) is 0 Å². The second kappa shape index (κ2) is 6.37. The molecule has 1 aliphatic heterocycles. The summed E-state index contributed by atoms with van der Waals surface area (Å²) in [5.41, 5.74) is 1.13. The molecule has 0 spiro atoms. The van der Waals surface area contributed by atoms with Gasteiger partial charge in [0.2, 0.25) is 0 Å². The van der Waals surface area contributed by atoms with E-state index in [-0.39, 0.29) is 6.10 Å². The van der Waals surface area contributed by atoms with E-state index in [9.17, 15) is 9.32 Å². The van der Waals surface area contributed by atoms with Gasteiger partial charge < -0.3 is 9.84 Å². The number of aliphatic hydroxyl groups is 1. The highest BCUT2D eigenvalue weighted by Gasteiger charge is 2.65. The first-order valence-electron chi connectivity index (χ1n) is 7.40. The van der Waals surface area contributed by atoms with Gasteiger partial charge in [-0.05, 0) is 31.9 Å². The minimum atomic E-state index is -1.33. The fourth-order valence-electron chi connectivity index (χ4n) is 2.55. The predicted octanol–water partition coefficient (Wildman–Crippen LogP) is 3.16. The molecule has 0 amide bonds. The van der Waals surface area contributed by atoms with Crippen molar-refractivity contribution in [1.82, 2.24) is 0 Å². The summed E-state index contributed by atoms with van der Waals surface area (Å²) in [6.07, 6.45) is 2.78. The standard InChI is InChI=1S/C16H24O3S/c1-4-6-7-15-16(19-15,14(17)5-2)20(18)13-10-8-12(3)9-11-13/h8-11,14-15,17H,4-7H2,1-3H3/t14-,15-,16+,20?/m0/s1. The monoisotopic (exact) mass is 296 g/mol. The Morgan fingerprint density at radius 2 is 2.00 bits per heavy atom. The number of ether oxygens (including phenoxy) is 1. The highest BCUT2D eigenvalue weighted by Crippen LogP contribution is 2.48. The Bertz CT molecular complexity index is 471. The van der Waals surface area contributed by atoms with Crippen molar-refractivity contribution in [2.24, 2.45) is 0 Å². The molecule has 20 heavy (non-hydrogen) atoms. The zero-order valence-electron chi connectivity index (χ0n) is 12.5. The number of rotatable bonds is 7. The Morgan fingerprint density at radius 1 is 1.35 bits per heavy atom. The Kier molecular flexibility index (Phi) is 4.99. The zero-order chi connectivity index (χ0) is 14.8. The molecule has 1 N–H and O–H groups in total. The van der Waals surface area contributed by atoms with Gasteiger partial charge in [-0.2, -0.15) is 0 Å². The van der Waals surface area contributed by atoms with Gasteiger partial charge in [0.1, 0.15) is 6.10 Å². The Labute approximate surface area is 123 Å². The molecule has 112 valence electrons. The number of aryl methyl sites for hydroxylation is 1. The average Bonchev–Trinajstić information content (AvgIpc) is 3.20. The maximum Gasteiger partial charge on any atom is 0.199 e. The molecule has 0 saturated carbocycles. The van der Waals surface area contributed by atoms with Crippen LogP contribution < -0.4 is 0 Å². The summed E-state index contributed by atoms with van der Waals surface area (Å²) in [5.74, 6) is 0. The van der Waals surface area contributed by atoms with Gasteiger partial charge in [-0.15, -0.1) is 0 Å². The molecule has 3 nitrogen and oxygen atoms in total. The lowest BCUT2D eigenvalue weighted by atomic mass is 10.1. The van der Waals surface area contributed by atoms with E-state index in [4.69, 9.17) is 4.74 Å². The van der Waals surface area contributed by atoms with Crippen LogP contribution in [0.3, 0.4) is 0 Å². The minimum absolute atomic E-state index is 0.0838. The molecular weight excluding hydrogens is 272 g/mol. The van der Waals surface area contributed by atoms with Crippen LogP contribution in [0.1, 0.15) is 45.1 Å². The molecule has 1 aromatic carbocycles. The highest BCUT2D eigenvalue weighted by atomic mass is 32.2. The number of aliphatic hydroxyl groups excluding tert-OH is 1. The molecule has 1 aliphatic rings. The third kappa shape index (κ3) is 2.83. The Balaban J connectivity index is 2.20. The number of hydrogen-bond donors (Lipinski definition) is 1. The normalized spacial score (nSPS) is 28.1. The molecule has 0 aliphatic carbocycles. The van der Waals surface area contributed by atoms with Crippen LogP contribution in [-0.2, 0) is 15.5 Å². The van der Waals surface area contributed by atoms with Crippen molar-refractivity contribution >= 4 is 10.8 Å². The van der Waals surface area contributed by atoms with Gasteiger partial charge in [-0.25, -0.2) is 0 Å². The van der Waals surface area contributed by atoms with Gasteiger partial charge in [0.05, 0.1) is 16.9 Å². The molecule has 1 unspecified atom stereocenters. The number of hydrogen-bond acceptors (Lipinski definition) is 3. The SMILES string of the molecule is CCCC[C@@H]1O[C@]1([C@@H](O)CC)S(=O)c1ccc(C)cc1. The van der Waals surface area contributed by atoms with Crippen LogP contribution in [0.15, 0.2) is 29.2 Å². The van der Waals surface area contributed by atoms with Gasteiger partial charge in [0, 0.05) is 4.90 Å². The second-order valence-electron chi connectivity index (χ2n) is 5.48. The van der Waals surface area contributed by atoms with Crippen molar-refractivity contribution in [2.75, 3.05) is 0 Å². The summed E-state index contributed by atoms with van der Waals surface area (Å²) in [7, 11) is -1.33. The molecular formula is C16H24O3S. The Hall–Kier alpha value is -0.710. The van der Waals surface area contributed by atoms with E-state index in [1.807, 2.05) is 38.1 Å². The van der Waals surface area contributed by atoms with Crippen LogP contribution in [0.5, 0.6) is 0 Å². The molecule has 0 radical (unpaired) electrons. The lowest BCUT2D eigenvalue weighted by molar-refractivity contribution is 0.114. The Morgan fingerprint density at radius 3 is 2.55 bits per heavy atom. The molecule has 0 bridgehead atoms. The van der Waals surface area contributed by atoms with Crippen molar-refractivity contribution in [3.63, 3.8) is 0 Å². The van der Waals surface area contributed by atoms with Crippen molar-refractivity contribution in [2.45, 2.75) is 68.5 Å². The van der Waals surface area contributed by atoms with Crippen molar-refractivity contribution < 1.29 is 14.1 Å². The number of epoxide rings is 1. The van der Waals surface area contributed by atoms with E-state index < -0.39 is 21.8 Å². The van der Waals surface area contributed by atoms with E-state index in [0.717, 1.165) is 29.7 Å². The average molecular weight is 296 g/mol. The van der Waals surface area contributed by atoms with Crippen LogP contribution in [0.2, 0.25) is 0 Å². The molecule has 2 rings (SSSR count). The lowest BCUT2D eigenvalue weighted by Gasteiger charge is -2.18. The van der Waals surface area contributed by atoms with Crippen LogP contribution in [-0.4, -0.2) is 26.5 Å². The highest BCUT2D eigenvalue weighted by molar-refractivity contribution is 7.86. The lowest BCUT2D eigenvalue weighted by Crippen LogP contribution is -2.36. The van der Waals surface area contributed by atoms with E-state index in [1.165, 1.54) is 0 Å². The third-order valence-electron chi connectivity index (χ3n) is 3.91. The molecule has 1 fully saturated rings. The molecule has 1 heterocycles. The summed E-state index contributed by atoms with van der Waals surface area (Å²) in [6.45, 7) is 6.02. The summed E-state index contributed by atoms with van der Waals surface area (Å²) in [6, 6.07) is 7.63. The molecule has 4 atom stereocenters. The maximum absolute atomic E-state index is 12.8. The second-order valence-corrected chi connectivity index (χ2v) is 7.12. The quantitative estimate of drug-likeness (QED) is 0.786. The molecule has 1 aromatic rings. The van der Waals surface area contributed by atoms with Crippen LogP contribution in [0.25, 0.3) is 0 Å². The molecule has 0 aromatic heterocycles. The third-order valence-corrected chi connectivity index (χ3v) is 5.82. The summed E-state index contributed by atoms with van der Waals surface area (Å²) >= 11 is 0. The summed E-state index contributed by atoms with van der Waals surface area (Å²) in [5, 5.41) is 10.3. The predicted molar refractivity (Wildman–Crippen MR) is 81.0 cm³/mol. The van der Waals surface area contributed by atoms with Gasteiger partial charge in [-0.1, -0.05) is 44.4 Å². The summed E-state index contributed by atoms with van der Waals surface area (Å²) < 4.78 is 18.6. The number of benzene rings is 1. The fourth-order valence-corrected chi connectivity index (χ4v) is 4.27. The van der Waals surface area contributed by atoms with Crippen LogP contribution in [0, 0.1) is 6.92 Å². The molecule has 1 saturated heterocycles. The first-order chi connectivity index (χ1) is 9.56. The van der Waals surface area contributed by atoms with Crippen molar-refractivity contribution in [3.05, 3.63) is 29.8 Å². The topological polar surface area (TPSA) is 49.8 Å². The summed E-state index contributed by atoms with van der Waals surface area (Å²) in [4.78, 5) is -0.152. The maximum atomic E-state index is 12.8. The van der Waals surface area contributed by atoms with Crippen molar-refractivity contribution in [3.8, 4) is 0 Å². The van der Waals surface area contributed by atoms with Gasteiger partial charge in [-0.3, -0.25) is 4.21 Å². The molecule has 4 heteroatoms. The minimum Gasteiger partial charge on any atom is -0.389 e. The zero-order valence-corrected chi connectivity index (χ0v) is 13.3. The van der Waals surface area contributed by atoms with E-state index in [1.54, 1.807) is 0 Å². The van der Waals surface area contributed by atoms with Gasteiger partial charge in [0.15, 0.2) is 4.93 Å². The van der Waals surface area contributed by atoms with E-state index >= 15 is 0 Å². The smallest absolute Gasteiger partial charge is 0.199 e. The van der Waals surface area contributed by atoms with Gasteiger partial charge >= 0.3 is 0 Å². The van der Waals surface area contributed by atoms with Crippen LogP contribution >= 0.6 is 0 Å².